The van der Waals surface area contributed by atoms with Gasteiger partial charge in [-0.3, -0.25) is 48.2 Å². The zero-order valence-electron chi connectivity index (χ0n) is 53.7. The minimum Gasteiger partial charge on any atom is -0.445 e. The standard InChI is InChI=1S/C64H93N11O13/c1-17-38(6)55(50(86-15)33-52(77)75-31-21-24-49(75)57(87-16)39(7)58(79)69-41(9)56(78)45-22-19-18-20-23-45)73(13)63(84)53(36(2)3)72-62(83)54(37(4)5)74(14)64(85)88-35-44-25-27-47(28-26-44)71-60(81)43(11)70-59(80)42(10)68-51(76)29-30-66-61(82)46-32-48(65-12)40(8)67-34-46/h18-20,22-23,25-28,32,34,36-39,41-43,49-50,53-57,78H,17,21,24,29-31,33,35H2,1-11,13-16H3,(H,66,82)(H,68,76)(H,69,79)(H,70,80)(H,71,81)(H,72,83)/t38-,39+,41+,42-,43-,49-,50+,53-,54-,55-,56+,57+/m0/s1. The first kappa shape index (κ1) is 72.5. The summed E-state index contributed by atoms with van der Waals surface area (Å²) in [5.41, 5.74) is 2.50. The lowest BCUT2D eigenvalue weighted by molar-refractivity contribution is -0.148. The summed E-state index contributed by atoms with van der Waals surface area (Å²) in [6, 6.07) is 11.1. The molecule has 2 heterocycles. The molecule has 24 nitrogen and oxygen atoms in total. The van der Waals surface area contributed by atoms with Crippen LogP contribution in [0.25, 0.3) is 4.85 Å². The number of carbonyl (C=O) groups excluding carboxylic acids is 9. The van der Waals surface area contributed by atoms with E-state index in [0.717, 1.165) is 0 Å². The van der Waals surface area contributed by atoms with E-state index in [-0.39, 0.29) is 55.0 Å². The molecule has 2 aromatic carbocycles. The van der Waals surface area contributed by atoms with Crippen LogP contribution in [0.5, 0.6) is 0 Å². The number of aromatic nitrogens is 1. The molecule has 0 bridgehead atoms. The molecular weight excluding hydrogens is 1130 g/mol. The number of ether oxygens (including phenoxy) is 3. The second-order valence-corrected chi connectivity index (χ2v) is 23.5. The molecule has 12 atom stereocenters. The maximum Gasteiger partial charge on any atom is 0.410 e. The molecule has 88 heavy (non-hydrogen) atoms. The number of likely N-dealkylation sites (tertiary alicyclic amines) is 1. The van der Waals surface area contributed by atoms with Crippen molar-refractivity contribution < 1.29 is 62.5 Å². The van der Waals surface area contributed by atoms with Crippen LogP contribution < -0.4 is 31.9 Å². The topological polar surface area (TPSA) is 301 Å². The van der Waals surface area contributed by atoms with E-state index in [1.165, 1.54) is 52.3 Å². The first-order valence-corrected chi connectivity index (χ1v) is 30.1. The van der Waals surface area contributed by atoms with E-state index in [9.17, 15) is 48.3 Å². The Morgan fingerprint density at radius 3 is 2.03 bits per heavy atom. The Hall–Kier alpha value is -8.01. The highest BCUT2D eigenvalue weighted by atomic mass is 16.6. The van der Waals surface area contributed by atoms with Gasteiger partial charge in [0.2, 0.25) is 47.0 Å². The van der Waals surface area contributed by atoms with Crippen LogP contribution >= 0.6 is 0 Å². The minimum atomic E-state index is -1.06. The van der Waals surface area contributed by atoms with Crippen molar-refractivity contribution in [1.29, 1.82) is 0 Å². The van der Waals surface area contributed by atoms with Gasteiger partial charge in [-0.25, -0.2) is 9.64 Å². The van der Waals surface area contributed by atoms with Crippen LogP contribution in [-0.4, -0.2) is 174 Å². The van der Waals surface area contributed by atoms with Crippen LogP contribution in [0.3, 0.4) is 0 Å². The Morgan fingerprint density at radius 1 is 0.795 bits per heavy atom. The van der Waals surface area contributed by atoms with Crippen molar-refractivity contribution in [2.24, 2.45) is 23.7 Å². The highest BCUT2D eigenvalue weighted by Crippen LogP contribution is 2.31. The minimum absolute atomic E-state index is 0.0425. The molecule has 0 saturated carbocycles. The molecule has 9 amide bonds. The van der Waals surface area contributed by atoms with E-state index in [2.05, 4.69) is 41.7 Å². The lowest BCUT2D eigenvalue weighted by Crippen LogP contribution is -2.60. The van der Waals surface area contributed by atoms with Crippen molar-refractivity contribution in [3.63, 3.8) is 0 Å². The Bertz CT molecular complexity index is 2900. The number of rotatable bonds is 31. The van der Waals surface area contributed by atoms with Gasteiger partial charge in [0.25, 0.3) is 5.91 Å². The molecule has 3 aromatic rings. The van der Waals surface area contributed by atoms with E-state index < -0.39 is 120 Å². The van der Waals surface area contributed by atoms with Gasteiger partial charge in [0.05, 0.1) is 55.3 Å². The number of aryl methyl sites for hydroxylation is 1. The number of anilines is 1. The number of hydrogen-bond acceptors (Lipinski definition) is 14. The average Bonchev–Trinajstić information content (AvgIpc) is 3.35. The number of amides is 9. The molecule has 1 aliphatic heterocycles. The van der Waals surface area contributed by atoms with E-state index in [0.29, 0.717) is 48.3 Å². The van der Waals surface area contributed by atoms with Crippen molar-refractivity contribution in [3.05, 3.63) is 101 Å². The van der Waals surface area contributed by atoms with Crippen LogP contribution in [0.2, 0.25) is 0 Å². The van der Waals surface area contributed by atoms with Gasteiger partial charge in [0, 0.05) is 71.0 Å². The highest BCUT2D eigenvalue weighted by molar-refractivity contribution is 5.98. The van der Waals surface area contributed by atoms with Gasteiger partial charge in [-0.1, -0.05) is 97.4 Å². The van der Waals surface area contributed by atoms with Crippen LogP contribution in [-0.2, 0) is 54.4 Å². The summed E-state index contributed by atoms with van der Waals surface area (Å²) in [5.74, 6) is -5.43. The summed E-state index contributed by atoms with van der Waals surface area (Å²) in [6.45, 7) is 26.6. The van der Waals surface area contributed by atoms with Crippen molar-refractivity contribution >= 4 is 64.7 Å². The van der Waals surface area contributed by atoms with Gasteiger partial charge in [-0.05, 0) is 87.6 Å². The summed E-state index contributed by atoms with van der Waals surface area (Å²) in [4.78, 5) is 134. The maximum atomic E-state index is 14.7. The summed E-state index contributed by atoms with van der Waals surface area (Å²) in [5, 5.41) is 27.2. The first-order chi connectivity index (χ1) is 41.6. The monoisotopic (exact) mass is 1220 g/mol. The van der Waals surface area contributed by atoms with E-state index in [1.54, 1.807) is 102 Å². The molecule has 0 spiro atoms. The molecule has 0 aliphatic carbocycles. The molecule has 1 aromatic heterocycles. The van der Waals surface area contributed by atoms with Crippen molar-refractivity contribution in [2.45, 2.75) is 175 Å². The van der Waals surface area contributed by atoms with Gasteiger partial charge < -0.3 is 61.0 Å². The smallest absolute Gasteiger partial charge is 0.410 e. The number of hydrogen-bond donors (Lipinski definition) is 7. The summed E-state index contributed by atoms with van der Waals surface area (Å²) in [7, 11) is 6.10. The highest BCUT2D eigenvalue weighted by Gasteiger charge is 2.44. The van der Waals surface area contributed by atoms with Crippen LogP contribution in [0.1, 0.15) is 135 Å². The molecule has 1 fully saturated rings. The van der Waals surface area contributed by atoms with Gasteiger partial charge >= 0.3 is 6.09 Å². The molecular formula is C64H93N11O13. The lowest BCUT2D eigenvalue weighted by Gasteiger charge is -2.41. The average molecular weight is 1220 g/mol. The first-order valence-electron chi connectivity index (χ1n) is 30.1. The zero-order valence-corrected chi connectivity index (χ0v) is 53.7. The number of aliphatic hydroxyl groups is 1. The number of pyridine rings is 1. The Balaban J connectivity index is 1.31. The largest absolute Gasteiger partial charge is 0.445 e. The molecule has 0 radical (unpaired) electrons. The molecule has 0 unspecified atom stereocenters. The fraction of sp³-hybridized carbons (Fsp3) is 0.578. The normalized spacial score (nSPS) is 16.8. The van der Waals surface area contributed by atoms with E-state index >= 15 is 0 Å². The molecule has 1 saturated heterocycles. The Labute approximate surface area is 518 Å². The van der Waals surface area contributed by atoms with Gasteiger partial charge in [-0.15, -0.1) is 0 Å². The third-order valence-electron chi connectivity index (χ3n) is 16.3. The number of methoxy groups -OCH3 is 2. The van der Waals surface area contributed by atoms with E-state index in [1.807, 2.05) is 32.0 Å². The van der Waals surface area contributed by atoms with E-state index in [4.69, 9.17) is 20.8 Å². The van der Waals surface area contributed by atoms with Crippen LogP contribution in [0, 0.1) is 37.2 Å². The van der Waals surface area contributed by atoms with Gasteiger partial charge in [0.1, 0.15) is 30.8 Å². The van der Waals surface area contributed by atoms with Crippen molar-refractivity contribution in [2.75, 3.05) is 46.7 Å². The number of likely N-dealkylation sites (N-methyl/N-ethyl adjacent to an activating group) is 2. The second kappa shape index (κ2) is 34.5. The third kappa shape index (κ3) is 20.0. The summed E-state index contributed by atoms with van der Waals surface area (Å²) in [6.07, 6.45) is -0.141. The van der Waals surface area contributed by atoms with Crippen molar-refractivity contribution in [3.8, 4) is 0 Å². The molecule has 1 aliphatic rings. The lowest BCUT2D eigenvalue weighted by atomic mass is 9.89. The van der Waals surface area contributed by atoms with Crippen LogP contribution in [0.15, 0.2) is 66.9 Å². The molecule has 7 N–H and O–H groups in total. The third-order valence-corrected chi connectivity index (χ3v) is 16.3. The van der Waals surface area contributed by atoms with Gasteiger partial charge in [-0.2, -0.15) is 0 Å². The predicted octanol–water partition coefficient (Wildman–Crippen LogP) is 5.60. The maximum absolute atomic E-state index is 14.7. The fourth-order valence-electron chi connectivity index (χ4n) is 10.8. The molecule has 24 heteroatoms. The quantitative estimate of drug-likeness (QED) is 0.0386. The SMILES string of the molecule is [C-]#[N+]c1cc(C(=O)NCCC(=O)N[C@@H](C)C(=O)N[C@@H](C)C(=O)Nc2ccc(COC(=O)N(C)[C@H](C(=O)N[C@H](C(=O)N(C)[C@@H]([C@@H](C)CC)[C@@H](CC(=O)N3CCC[C@H]3[C@H](OC)[C@@H](C)C(=O)N[C@H](C)[C@@H](O)c3ccccc3)OC)C(C)C)C(C)C)cc2)cnc1C. The fourth-order valence-corrected chi connectivity index (χ4v) is 10.8. The Kier molecular flexibility index (Phi) is 28.4. The summed E-state index contributed by atoms with van der Waals surface area (Å²) < 4.78 is 17.7. The summed E-state index contributed by atoms with van der Waals surface area (Å²) >= 11 is 0. The van der Waals surface area contributed by atoms with Gasteiger partial charge in [0.15, 0.2) is 0 Å². The molecule has 482 valence electrons. The number of carbonyl (C=O) groups is 9. The zero-order chi connectivity index (χ0) is 65.7. The predicted molar refractivity (Wildman–Crippen MR) is 331 cm³/mol. The number of nitrogens with zero attached hydrogens (tertiary/aromatic N) is 5. The Morgan fingerprint density at radius 2 is 1.44 bits per heavy atom. The number of benzene rings is 2. The van der Waals surface area contributed by atoms with Crippen molar-refractivity contribution in [1.82, 2.24) is 46.3 Å². The number of nitrogens with one attached hydrogen (secondary N) is 6. The molecule has 4 rings (SSSR count). The second-order valence-electron chi connectivity index (χ2n) is 23.5. The van der Waals surface area contributed by atoms with Crippen LogP contribution in [0.4, 0.5) is 16.2 Å². The number of aliphatic hydroxyl groups excluding tert-OH is 1.